The van der Waals surface area contributed by atoms with Gasteiger partial charge in [-0.15, -0.1) is 0 Å². The monoisotopic (exact) mass is 282 g/mol. The molecule has 0 amide bonds. The van der Waals surface area contributed by atoms with Gasteiger partial charge in [0.1, 0.15) is 5.75 Å². The molecule has 2 aromatic rings. The summed E-state index contributed by atoms with van der Waals surface area (Å²) in [5, 5.41) is 0. The van der Waals surface area contributed by atoms with Gasteiger partial charge in [-0.1, -0.05) is 55.1 Å². The maximum absolute atomic E-state index is 11.2. The fourth-order valence-electron chi connectivity index (χ4n) is 2.00. The Morgan fingerprint density at radius 1 is 1.14 bits per heavy atom. The van der Waals surface area contributed by atoms with E-state index in [1.54, 1.807) is 6.92 Å². The minimum absolute atomic E-state index is 0.497. The SMILES string of the molecule is C=CC(=O)OC(C)Oc1ccccc1Cc1ccccc1. The van der Waals surface area contributed by atoms with Crippen molar-refractivity contribution in [3.05, 3.63) is 78.4 Å². The van der Waals surface area contributed by atoms with E-state index in [0.29, 0.717) is 5.75 Å². The first-order chi connectivity index (χ1) is 10.2. The smallest absolute Gasteiger partial charge is 0.333 e. The predicted octanol–water partition coefficient (Wildman–Crippen LogP) is 3.73. The number of esters is 1. The number of carbonyl (C=O) groups excluding carboxylic acids is 1. The Morgan fingerprint density at radius 3 is 2.52 bits per heavy atom. The molecule has 0 saturated heterocycles. The normalized spacial score (nSPS) is 11.5. The first kappa shape index (κ1) is 14.9. The van der Waals surface area contributed by atoms with E-state index in [1.807, 2.05) is 42.5 Å². The lowest BCUT2D eigenvalue weighted by molar-refractivity contribution is -0.155. The molecule has 3 heteroatoms. The number of hydrogen-bond donors (Lipinski definition) is 0. The van der Waals surface area contributed by atoms with Crippen LogP contribution in [0.15, 0.2) is 67.3 Å². The van der Waals surface area contributed by atoms with Crippen LogP contribution in [0.3, 0.4) is 0 Å². The zero-order valence-corrected chi connectivity index (χ0v) is 12.0. The highest BCUT2D eigenvalue weighted by Crippen LogP contribution is 2.22. The molecule has 0 bridgehead atoms. The molecular formula is C18H18O3. The fraction of sp³-hybridized carbons (Fsp3) is 0.167. The van der Waals surface area contributed by atoms with E-state index in [2.05, 4.69) is 18.7 Å². The van der Waals surface area contributed by atoms with E-state index >= 15 is 0 Å². The molecule has 0 radical (unpaired) electrons. The molecule has 0 aromatic heterocycles. The number of ether oxygens (including phenoxy) is 2. The molecule has 0 N–H and O–H groups in total. The van der Waals surface area contributed by atoms with Crippen molar-refractivity contribution in [1.29, 1.82) is 0 Å². The Hall–Kier alpha value is -2.55. The van der Waals surface area contributed by atoms with Crippen LogP contribution in [0, 0.1) is 0 Å². The average molecular weight is 282 g/mol. The molecule has 0 heterocycles. The maximum atomic E-state index is 11.2. The Bertz CT molecular complexity index is 605. The third-order valence-corrected chi connectivity index (χ3v) is 2.95. The molecule has 108 valence electrons. The molecule has 1 atom stereocenters. The van der Waals surface area contributed by atoms with Crippen molar-refractivity contribution >= 4 is 5.97 Å². The van der Waals surface area contributed by atoms with Crippen LogP contribution in [0.4, 0.5) is 0 Å². The Labute approximate surface area is 124 Å². The molecule has 21 heavy (non-hydrogen) atoms. The summed E-state index contributed by atoms with van der Waals surface area (Å²) in [6, 6.07) is 17.9. The summed E-state index contributed by atoms with van der Waals surface area (Å²) in [4.78, 5) is 11.2. The largest absolute Gasteiger partial charge is 0.455 e. The van der Waals surface area contributed by atoms with Gasteiger partial charge in [-0.25, -0.2) is 4.79 Å². The highest BCUT2D eigenvalue weighted by molar-refractivity contribution is 5.81. The first-order valence-corrected chi connectivity index (χ1v) is 6.80. The van der Waals surface area contributed by atoms with E-state index < -0.39 is 12.3 Å². The Morgan fingerprint density at radius 2 is 1.81 bits per heavy atom. The minimum atomic E-state index is -0.660. The Balaban J connectivity index is 2.10. The van der Waals surface area contributed by atoms with Crippen LogP contribution in [-0.2, 0) is 16.0 Å². The standard InChI is InChI=1S/C18H18O3/c1-3-18(19)21-14(2)20-17-12-8-7-11-16(17)13-15-9-5-4-6-10-15/h3-12,14H,1,13H2,2H3. The molecule has 0 saturated carbocycles. The quantitative estimate of drug-likeness (QED) is 0.460. The van der Waals surface area contributed by atoms with Gasteiger partial charge in [-0.05, 0) is 17.2 Å². The van der Waals surface area contributed by atoms with Crippen LogP contribution in [-0.4, -0.2) is 12.3 Å². The molecule has 0 aliphatic carbocycles. The number of para-hydroxylation sites is 1. The minimum Gasteiger partial charge on any atom is -0.455 e. The van der Waals surface area contributed by atoms with Crippen LogP contribution < -0.4 is 4.74 Å². The van der Waals surface area contributed by atoms with Crippen molar-refractivity contribution in [1.82, 2.24) is 0 Å². The van der Waals surface area contributed by atoms with E-state index in [0.717, 1.165) is 18.1 Å². The zero-order chi connectivity index (χ0) is 15.1. The van der Waals surface area contributed by atoms with Crippen LogP contribution in [0.5, 0.6) is 5.75 Å². The summed E-state index contributed by atoms with van der Waals surface area (Å²) >= 11 is 0. The molecule has 2 rings (SSSR count). The highest BCUT2D eigenvalue weighted by atomic mass is 16.7. The van der Waals surface area contributed by atoms with Crippen molar-refractivity contribution in [2.75, 3.05) is 0 Å². The first-order valence-electron chi connectivity index (χ1n) is 6.80. The number of benzene rings is 2. The highest BCUT2D eigenvalue weighted by Gasteiger charge is 2.11. The second-order valence-corrected chi connectivity index (χ2v) is 4.60. The van der Waals surface area contributed by atoms with E-state index in [4.69, 9.17) is 9.47 Å². The Kier molecular flexibility index (Phi) is 5.16. The average Bonchev–Trinajstić information content (AvgIpc) is 2.50. The van der Waals surface area contributed by atoms with Crippen molar-refractivity contribution in [2.45, 2.75) is 19.6 Å². The van der Waals surface area contributed by atoms with E-state index in [1.165, 1.54) is 5.56 Å². The van der Waals surface area contributed by atoms with Crippen LogP contribution in [0.25, 0.3) is 0 Å². The van der Waals surface area contributed by atoms with Crippen LogP contribution in [0.2, 0.25) is 0 Å². The van der Waals surface area contributed by atoms with Gasteiger partial charge in [-0.3, -0.25) is 0 Å². The van der Waals surface area contributed by atoms with Crippen molar-refractivity contribution in [3.8, 4) is 5.75 Å². The van der Waals surface area contributed by atoms with Gasteiger partial charge in [0, 0.05) is 19.4 Å². The van der Waals surface area contributed by atoms with E-state index in [-0.39, 0.29) is 0 Å². The van der Waals surface area contributed by atoms with Crippen molar-refractivity contribution in [3.63, 3.8) is 0 Å². The second-order valence-electron chi connectivity index (χ2n) is 4.60. The van der Waals surface area contributed by atoms with Crippen LogP contribution >= 0.6 is 0 Å². The molecule has 0 spiro atoms. The van der Waals surface area contributed by atoms with E-state index in [9.17, 15) is 4.79 Å². The van der Waals surface area contributed by atoms with Gasteiger partial charge < -0.3 is 9.47 Å². The summed E-state index contributed by atoms with van der Waals surface area (Å²) in [7, 11) is 0. The molecule has 3 nitrogen and oxygen atoms in total. The maximum Gasteiger partial charge on any atom is 0.333 e. The van der Waals surface area contributed by atoms with Gasteiger partial charge in [0.05, 0.1) is 0 Å². The molecule has 0 aliphatic heterocycles. The van der Waals surface area contributed by atoms with Crippen molar-refractivity contribution < 1.29 is 14.3 Å². The second kappa shape index (κ2) is 7.29. The van der Waals surface area contributed by atoms with Gasteiger partial charge in [0.15, 0.2) is 0 Å². The lowest BCUT2D eigenvalue weighted by atomic mass is 10.0. The van der Waals surface area contributed by atoms with Gasteiger partial charge in [-0.2, -0.15) is 0 Å². The lowest BCUT2D eigenvalue weighted by Crippen LogP contribution is -2.20. The van der Waals surface area contributed by atoms with Gasteiger partial charge >= 0.3 is 5.97 Å². The van der Waals surface area contributed by atoms with Gasteiger partial charge in [0.25, 0.3) is 0 Å². The summed E-state index contributed by atoms with van der Waals surface area (Å²) < 4.78 is 10.7. The van der Waals surface area contributed by atoms with Gasteiger partial charge in [0.2, 0.25) is 6.29 Å². The summed E-state index contributed by atoms with van der Waals surface area (Å²) in [6.07, 6.45) is 1.22. The third-order valence-electron chi connectivity index (χ3n) is 2.95. The molecule has 0 fully saturated rings. The topological polar surface area (TPSA) is 35.5 Å². The summed E-state index contributed by atoms with van der Waals surface area (Å²) in [5.41, 5.74) is 2.24. The molecular weight excluding hydrogens is 264 g/mol. The lowest BCUT2D eigenvalue weighted by Gasteiger charge is -2.17. The zero-order valence-electron chi connectivity index (χ0n) is 12.0. The molecule has 1 unspecified atom stereocenters. The van der Waals surface area contributed by atoms with Crippen molar-refractivity contribution in [2.24, 2.45) is 0 Å². The number of carbonyl (C=O) groups is 1. The number of hydrogen-bond acceptors (Lipinski definition) is 3. The summed E-state index contributed by atoms with van der Waals surface area (Å²) in [6.45, 7) is 5.05. The molecule has 2 aromatic carbocycles. The fourth-order valence-corrected chi connectivity index (χ4v) is 2.00. The predicted molar refractivity (Wildman–Crippen MR) is 82.1 cm³/mol. The summed E-state index contributed by atoms with van der Waals surface area (Å²) in [5.74, 6) is 0.216. The number of rotatable bonds is 6. The molecule has 0 aliphatic rings. The third kappa shape index (κ3) is 4.49. The van der Waals surface area contributed by atoms with Crippen LogP contribution in [0.1, 0.15) is 18.1 Å².